The molecular weight excluding hydrogens is 298 g/mol. The first kappa shape index (κ1) is 16.6. The van der Waals surface area contributed by atoms with Crippen LogP contribution in [0.25, 0.3) is 0 Å². The van der Waals surface area contributed by atoms with Gasteiger partial charge in [-0.25, -0.2) is 0 Å². The first-order valence-corrected chi connectivity index (χ1v) is 7.45. The number of carbonyl (C=O) groups is 1. The fourth-order valence-corrected chi connectivity index (χ4v) is 2.42. The molecule has 0 aliphatic carbocycles. The van der Waals surface area contributed by atoms with Crippen LogP contribution in [0.1, 0.15) is 20.3 Å². The lowest BCUT2D eigenvalue weighted by atomic mass is 10.1. The molecule has 108 valence electrons. The summed E-state index contributed by atoms with van der Waals surface area (Å²) in [5.41, 5.74) is -0.00177. The molecule has 0 fully saturated rings. The molecule has 0 spiro atoms. The topological polar surface area (TPSA) is 69.4 Å². The maximum absolute atomic E-state index is 11.4. The predicted molar refractivity (Wildman–Crippen MR) is 83.2 cm³/mol. The molecule has 0 aliphatic rings. The normalized spacial score (nSPS) is 11.7. The summed E-state index contributed by atoms with van der Waals surface area (Å²) in [6.07, 6.45) is 0.512. The number of nitro groups is 1. The first-order valence-electron chi connectivity index (χ1n) is 6.05. The molecule has 1 unspecified atom stereocenters. The maximum atomic E-state index is 11.4. The third-order valence-electron chi connectivity index (χ3n) is 2.60. The van der Waals surface area contributed by atoms with Crippen LogP contribution < -0.4 is 4.74 Å². The Balaban J connectivity index is 2.46. The zero-order valence-corrected chi connectivity index (χ0v) is 12.8. The highest BCUT2D eigenvalue weighted by molar-refractivity contribution is 8.22. The molecule has 0 saturated carbocycles. The van der Waals surface area contributed by atoms with Crippen molar-refractivity contribution < 1.29 is 14.5 Å². The van der Waals surface area contributed by atoms with Crippen LogP contribution in [0.5, 0.6) is 5.75 Å². The molecule has 0 aliphatic heterocycles. The van der Waals surface area contributed by atoms with Gasteiger partial charge in [0.25, 0.3) is 5.69 Å². The Bertz CT molecular complexity index is 502. The second-order valence-electron chi connectivity index (χ2n) is 4.13. The Morgan fingerprint density at radius 1 is 1.45 bits per heavy atom. The van der Waals surface area contributed by atoms with Gasteiger partial charge in [-0.2, -0.15) is 0 Å². The van der Waals surface area contributed by atoms with Crippen molar-refractivity contribution in [2.45, 2.75) is 20.3 Å². The molecule has 0 saturated heterocycles. The molecule has 1 aromatic carbocycles. The second-order valence-corrected chi connectivity index (χ2v) is 5.76. The lowest BCUT2D eigenvalue weighted by Crippen LogP contribution is -2.14. The summed E-state index contributed by atoms with van der Waals surface area (Å²) in [5, 5.41) is 10.5. The van der Waals surface area contributed by atoms with Crippen molar-refractivity contribution in [1.82, 2.24) is 0 Å². The molecule has 7 heteroatoms. The zero-order valence-electron chi connectivity index (χ0n) is 11.2. The van der Waals surface area contributed by atoms with Crippen LogP contribution >= 0.6 is 24.0 Å². The van der Waals surface area contributed by atoms with Crippen molar-refractivity contribution in [3.63, 3.8) is 0 Å². The molecule has 1 atom stereocenters. The summed E-state index contributed by atoms with van der Waals surface area (Å²) >= 11 is 6.35. The fraction of sp³-hybridized carbons (Fsp3) is 0.385. The number of nitrogens with zero attached hydrogens (tertiary/aromatic N) is 1. The van der Waals surface area contributed by atoms with E-state index >= 15 is 0 Å². The number of rotatable bonds is 6. The van der Waals surface area contributed by atoms with E-state index in [9.17, 15) is 14.9 Å². The molecule has 20 heavy (non-hydrogen) atoms. The highest BCUT2D eigenvalue weighted by atomic mass is 32.2. The molecule has 0 N–H and O–H groups in total. The van der Waals surface area contributed by atoms with Gasteiger partial charge in [-0.15, -0.1) is 0 Å². The Labute approximate surface area is 126 Å². The van der Waals surface area contributed by atoms with E-state index in [0.717, 1.165) is 0 Å². The van der Waals surface area contributed by atoms with E-state index in [4.69, 9.17) is 17.0 Å². The number of carbonyl (C=O) groups excluding carboxylic acids is 1. The minimum absolute atomic E-state index is 0.00177. The largest absolute Gasteiger partial charge is 0.440 e. The number of ketones is 1. The molecule has 1 aromatic rings. The fourth-order valence-electron chi connectivity index (χ4n) is 1.40. The van der Waals surface area contributed by atoms with Crippen LogP contribution in [-0.2, 0) is 4.79 Å². The minimum Gasteiger partial charge on any atom is -0.440 e. The van der Waals surface area contributed by atoms with Crippen LogP contribution in [0.15, 0.2) is 24.3 Å². The summed E-state index contributed by atoms with van der Waals surface area (Å²) in [6.45, 7) is 3.68. The van der Waals surface area contributed by atoms with Crippen molar-refractivity contribution in [2.24, 2.45) is 5.92 Å². The second kappa shape index (κ2) is 7.96. The van der Waals surface area contributed by atoms with Crippen LogP contribution in [-0.4, -0.2) is 20.8 Å². The average molecular weight is 313 g/mol. The third-order valence-corrected chi connectivity index (χ3v) is 4.02. The summed E-state index contributed by atoms with van der Waals surface area (Å²) in [6, 6.07) is 5.69. The lowest BCUT2D eigenvalue weighted by molar-refractivity contribution is -0.384. The number of hydrogen-bond acceptors (Lipinski definition) is 6. The predicted octanol–water partition coefficient (Wildman–Crippen LogP) is 3.61. The van der Waals surface area contributed by atoms with Crippen LogP contribution in [0.4, 0.5) is 5.69 Å². The van der Waals surface area contributed by atoms with Gasteiger partial charge in [0.1, 0.15) is 11.5 Å². The van der Waals surface area contributed by atoms with E-state index in [1.807, 2.05) is 13.8 Å². The SMILES string of the molecule is CCC(=O)C(C)CSC(=S)Oc1ccc([N+](=O)[O-])cc1. The van der Waals surface area contributed by atoms with Crippen LogP contribution in [0.2, 0.25) is 0 Å². The van der Waals surface area contributed by atoms with Crippen molar-refractivity contribution in [3.05, 3.63) is 34.4 Å². The van der Waals surface area contributed by atoms with Gasteiger partial charge in [-0.1, -0.05) is 25.6 Å². The van der Waals surface area contributed by atoms with E-state index < -0.39 is 4.92 Å². The maximum Gasteiger partial charge on any atom is 0.269 e. The number of ether oxygens (including phenoxy) is 1. The van der Waals surface area contributed by atoms with Crippen molar-refractivity contribution >= 4 is 39.8 Å². The number of non-ortho nitro benzene ring substituents is 1. The van der Waals surface area contributed by atoms with E-state index in [0.29, 0.717) is 22.3 Å². The van der Waals surface area contributed by atoms with Gasteiger partial charge in [0, 0.05) is 30.2 Å². The summed E-state index contributed by atoms with van der Waals surface area (Å²) in [7, 11) is 0. The van der Waals surface area contributed by atoms with Gasteiger partial charge in [-0.3, -0.25) is 14.9 Å². The molecule has 0 aromatic heterocycles. The summed E-state index contributed by atoms with van der Waals surface area (Å²) < 4.78 is 5.67. The number of thioether (sulfide) groups is 1. The molecule has 0 heterocycles. The van der Waals surface area contributed by atoms with Crippen LogP contribution in [0.3, 0.4) is 0 Å². The van der Waals surface area contributed by atoms with Gasteiger partial charge in [-0.05, 0) is 24.4 Å². The number of hydrogen-bond donors (Lipinski definition) is 0. The molecular formula is C13H15NO4S2. The molecule has 5 nitrogen and oxygen atoms in total. The first-order chi connectivity index (χ1) is 9.43. The van der Waals surface area contributed by atoms with Gasteiger partial charge >= 0.3 is 0 Å². The highest BCUT2D eigenvalue weighted by Crippen LogP contribution is 2.20. The third kappa shape index (κ3) is 5.26. The summed E-state index contributed by atoms with van der Waals surface area (Å²) in [5.74, 6) is 1.14. The zero-order chi connectivity index (χ0) is 15.1. The van der Waals surface area contributed by atoms with Crippen LogP contribution in [0, 0.1) is 16.0 Å². The molecule has 1 rings (SSSR count). The van der Waals surface area contributed by atoms with E-state index in [1.165, 1.54) is 36.0 Å². The quantitative estimate of drug-likeness (QED) is 0.454. The lowest BCUT2D eigenvalue weighted by Gasteiger charge is -2.10. The Kier molecular flexibility index (Phi) is 6.60. The van der Waals surface area contributed by atoms with E-state index in [2.05, 4.69) is 0 Å². The van der Waals surface area contributed by atoms with Gasteiger partial charge in [0.2, 0.25) is 4.38 Å². The van der Waals surface area contributed by atoms with E-state index in [-0.39, 0.29) is 17.4 Å². The Morgan fingerprint density at radius 3 is 2.55 bits per heavy atom. The van der Waals surface area contributed by atoms with Gasteiger partial charge < -0.3 is 4.74 Å². The van der Waals surface area contributed by atoms with Gasteiger partial charge in [0.15, 0.2) is 0 Å². The number of benzene rings is 1. The smallest absolute Gasteiger partial charge is 0.269 e. The highest BCUT2D eigenvalue weighted by Gasteiger charge is 2.13. The van der Waals surface area contributed by atoms with Crippen molar-refractivity contribution in [1.29, 1.82) is 0 Å². The number of thiocarbonyl (C=S) groups is 1. The molecule has 0 amide bonds. The van der Waals surface area contributed by atoms with E-state index in [1.54, 1.807) is 0 Å². The van der Waals surface area contributed by atoms with Gasteiger partial charge in [0.05, 0.1) is 4.92 Å². The Hall–Kier alpha value is -1.47. The number of Topliss-reactive ketones (excluding diaryl/α,β-unsaturated/α-hetero) is 1. The standard InChI is InChI=1S/C13H15NO4S2/c1-3-12(15)9(2)8-20-13(19)18-11-6-4-10(5-7-11)14(16)17/h4-7,9H,3,8H2,1-2H3. The molecule has 0 radical (unpaired) electrons. The monoisotopic (exact) mass is 313 g/mol. The number of nitro benzene ring substituents is 1. The average Bonchev–Trinajstić information content (AvgIpc) is 2.44. The van der Waals surface area contributed by atoms with Crippen molar-refractivity contribution in [3.8, 4) is 5.75 Å². The minimum atomic E-state index is -0.477. The Morgan fingerprint density at radius 2 is 2.05 bits per heavy atom. The summed E-state index contributed by atoms with van der Waals surface area (Å²) in [4.78, 5) is 21.5. The van der Waals surface area contributed by atoms with Crippen molar-refractivity contribution in [2.75, 3.05) is 5.75 Å². The molecule has 0 bridgehead atoms.